The molecule has 0 aliphatic carbocycles. The molecule has 0 radical (unpaired) electrons. The summed E-state index contributed by atoms with van der Waals surface area (Å²) in [5.41, 5.74) is 0. The number of carbonyl (C=O) groups excluding carboxylic acids is 2. The third-order valence-corrected chi connectivity index (χ3v) is 4.81. The van der Waals surface area contributed by atoms with Crippen LogP contribution >= 0.6 is 24.8 Å². The van der Waals surface area contributed by atoms with Crippen LogP contribution in [0.15, 0.2) is 0 Å². The molecule has 0 aromatic rings. The maximum atomic E-state index is 13.2. The van der Waals surface area contributed by atoms with Gasteiger partial charge in [-0.05, 0) is 0 Å². The van der Waals surface area contributed by atoms with Gasteiger partial charge in [0, 0.05) is 45.7 Å². The van der Waals surface area contributed by atoms with Gasteiger partial charge in [0.05, 0.1) is 32.3 Å². The molecule has 2 amide bonds. The molecule has 11 heteroatoms. The zero-order valence-corrected chi connectivity index (χ0v) is 16.1. The average Bonchev–Trinajstić information content (AvgIpc) is 2.95. The van der Waals surface area contributed by atoms with E-state index in [0.717, 1.165) is 13.1 Å². The first-order chi connectivity index (χ1) is 11.4. The van der Waals surface area contributed by atoms with Crippen molar-refractivity contribution in [3.05, 3.63) is 0 Å². The summed E-state index contributed by atoms with van der Waals surface area (Å²) >= 11 is 0. The van der Waals surface area contributed by atoms with Gasteiger partial charge in [-0.1, -0.05) is 0 Å². The monoisotopic (exact) mass is 418 g/mol. The van der Waals surface area contributed by atoms with Crippen molar-refractivity contribution in [1.29, 1.82) is 0 Å². The second-order valence-corrected chi connectivity index (χ2v) is 6.59. The van der Waals surface area contributed by atoms with E-state index in [1.165, 1.54) is 0 Å². The topological polar surface area (TPSA) is 65.1 Å². The Balaban J connectivity index is 0.00000169. The number of hydrogen-bond donors (Lipinski definition) is 1. The summed E-state index contributed by atoms with van der Waals surface area (Å²) < 4.78 is 31.7. The van der Waals surface area contributed by atoms with Crippen molar-refractivity contribution in [3.8, 4) is 0 Å². The minimum atomic E-state index is -2.81. The van der Waals surface area contributed by atoms with Gasteiger partial charge in [-0.15, -0.1) is 24.8 Å². The number of halogens is 4. The van der Waals surface area contributed by atoms with Crippen molar-refractivity contribution in [3.63, 3.8) is 0 Å². The summed E-state index contributed by atoms with van der Waals surface area (Å²) in [5.74, 6) is -3.04. The molecule has 0 bridgehead atoms. The van der Waals surface area contributed by atoms with Crippen molar-refractivity contribution in [1.82, 2.24) is 20.0 Å². The van der Waals surface area contributed by atoms with Crippen LogP contribution in [0.3, 0.4) is 0 Å². The summed E-state index contributed by atoms with van der Waals surface area (Å²) in [6.45, 7) is 4.45. The number of carbonyl (C=O) groups is 2. The molecule has 3 aliphatic rings. The summed E-state index contributed by atoms with van der Waals surface area (Å²) in [6, 6.07) is -0.810. The van der Waals surface area contributed by atoms with E-state index in [1.54, 1.807) is 9.80 Å². The Hall–Kier alpha value is -0.740. The van der Waals surface area contributed by atoms with Crippen molar-refractivity contribution < 1.29 is 23.1 Å². The quantitative estimate of drug-likeness (QED) is 0.689. The van der Waals surface area contributed by atoms with Crippen LogP contribution in [0.5, 0.6) is 0 Å². The molecule has 3 rings (SSSR count). The summed E-state index contributed by atoms with van der Waals surface area (Å²) in [6.07, 6.45) is -0.442. The van der Waals surface area contributed by atoms with Crippen LogP contribution in [0.1, 0.15) is 6.42 Å². The van der Waals surface area contributed by atoms with Crippen molar-refractivity contribution in [2.45, 2.75) is 18.4 Å². The maximum Gasteiger partial charge on any atom is 0.262 e. The minimum Gasteiger partial charge on any atom is -0.379 e. The molecule has 26 heavy (non-hydrogen) atoms. The fourth-order valence-corrected chi connectivity index (χ4v) is 3.34. The Morgan fingerprint density at radius 1 is 1.00 bits per heavy atom. The molecule has 1 unspecified atom stereocenters. The summed E-state index contributed by atoms with van der Waals surface area (Å²) in [4.78, 5) is 30.0. The zero-order valence-electron chi connectivity index (χ0n) is 14.5. The Labute approximate surface area is 164 Å². The normalized spacial score (nSPS) is 26.0. The number of alkyl halides is 2. The molecule has 0 aromatic heterocycles. The molecule has 3 saturated heterocycles. The van der Waals surface area contributed by atoms with E-state index in [-0.39, 0.29) is 36.6 Å². The molecular weight excluding hydrogens is 393 g/mol. The molecule has 0 aromatic carbocycles. The van der Waals surface area contributed by atoms with E-state index >= 15 is 0 Å². The van der Waals surface area contributed by atoms with Crippen molar-refractivity contribution >= 4 is 36.6 Å². The van der Waals surface area contributed by atoms with E-state index in [1.807, 2.05) is 0 Å². The van der Waals surface area contributed by atoms with E-state index in [0.29, 0.717) is 45.9 Å². The highest BCUT2D eigenvalue weighted by Gasteiger charge is 2.43. The van der Waals surface area contributed by atoms with Crippen LogP contribution in [0.2, 0.25) is 0 Å². The predicted octanol–water partition coefficient (Wildman–Crippen LogP) is -0.170. The smallest absolute Gasteiger partial charge is 0.262 e. The highest BCUT2D eigenvalue weighted by molar-refractivity contribution is 5.85. The van der Waals surface area contributed by atoms with Crippen LogP contribution in [0, 0.1) is 0 Å². The number of rotatable bonds is 3. The Kier molecular flexibility index (Phi) is 8.95. The largest absolute Gasteiger partial charge is 0.379 e. The van der Waals surface area contributed by atoms with E-state index in [9.17, 15) is 18.4 Å². The van der Waals surface area contributed by atoms with Crippen LogP contribution in [0.4, 0.5) is 8.78 Å². The summed E-state index contributed by atoms with van der Waals surface area (Å²) in [7, 11) is 0. The molecule has 1 atom stereocenters. The number of nitrogens with zero attached hydrogens (tertiary/aromatic N) is 3. The molecule has 1 N–H and O–H groups in total. The second kappa shape index (κ2) is 9.98. The number of piperazine rings is 1. The third-order valence-electron chi connectivity index (χ3n) is 4.81. The Bertz CT molecular complexity index is 488. The Morgan fingerprint density at radius 3 is 2.12 bits per heavy atom. The zero-order chi connectivity index (χ0) is 17.2. The average molecular weight is 419 g/mol. The van der Waals surface area contributed by atoms with Gasteiger partial charge >= 0.3 is 0 Å². The molecule has 3 fully saturated rings. The number of nitrogens with one attached hydrogen (secondary N) is 1. The van der Waals surface area contributed by atoms with E-state index in [4.69, 9.17) is 4.74 Å². The molecule has 7 nitrogen and oxygen atoms in total. The second-order valence-electron chi connectivity index (χ2n) is 6.59. The number of morpholine rings is 1. The fourth-order valence-electron chi connectivity index (χ4n) is 3.34. The molecule has 3 aliphatic heterocycles. The predicted molar refractivity (Wildman–Crippen MR) is 96.3 cm³/mol. The van der Waals surface area contributed by atoms with Gasteiger partial charge in [0.2, 0.25) is 11.8 Å². The van der Waals surface area contributed by atoms with Gasteiger partial charge in [-0.3, -0.25) is 19.8 Å². The number of ether oxygens (including phenoxy) is 1. The standard InChI is InChI=1S/C15H24F2N4O3.2ClH/c16-15(17)9-12(18-11-15)14(23)21-3-1-20(2-4-21)13(22)10-19-5-7-24-8-6-19;;/h12,18H,1-11H2;2*1H. The summed E-state index contributed by atoms with van der Waals surface area (Å²) in [5, 5.41) is 2.59. The van der Waals surface area contributed by atoms with Gasteiger partial charge in [0.1, 0.15) is 0 Å². The van der Waals surface area contributed by atoms with Crippen molar-refractivity contribution in [2.75, 3.05) is 65.6 Å². The first-order valence-corrected chi connectivity index (χ1v) is 8.42. The van der Waals surface area contributed by atoms with E-state index in [2.05, 4.69) is 10.2 Å². The SMILES string of the molecule is Cl.Cl.O=C(CN1CCOCC1)N1CCN(C(=O)C2CC(F)(F)CN2)CC1. The lowest BCUT2D eigenvalue weighted by Gasteiger charge is -2.37. The molecule has 152 valence electrons. The Morgan fingerprint density at radius 2 is 1.58 bits per heavy atom. The van der Waals surface area contributed by atoms with Crippen LogP contribution in [0.25, 0.3) is 0 Å². The lowest BCUT2D eigenvalue weighted by molar-refractivity contribution is -0.142. The highest BCUT2D eigenvalue weighted by Crippen LogP contribution is 2.26. The fraction of sp³-hybridized carbons (Fsp3) is 0.867. The van der Waals surface area contributed by atoms with Crippen LogP contribution < -0.4 is 5.32 Å². The first-order valence-electron chi connectivity index (χ1n) is 8.42. The molecule has 0 saturated carbocycles. The molecule has 0 spiro atoms. The van der Waals surface area contributed by atoms with Gasteiger partial charge < -0.3 is 14.5 Å². The maximum absolute atomic E-state index is 13.2. The van der Waals surface area contributed by atoms with Gasteiger partial charge in [-0.2, -0.15) is 0 Å². The molecular formula is C15H26Cl2F2N4O3. The number of hydrogen-bond acceptors (Lipinski definition) is 5. The van der Waals surface area contributed by atoms with Gasteiger partial charge in [0.25, 0.3) is 5.92 Å². The minimum absolute atomic E-state index is 0. The van der Waals surface area contributed by atoms with E-state index < -0.39 is 24.9 Å². The lowest BCUT2D eigenvalue weighted by Crippen LogP contribution is -2.55. The lowest BCUT2D eigenvalue weighted by atomic mass is 10.1. The third kappa shape index (κ3) is 5.88. The van der Waals surface area contributed by atoms with Crippen LogP contribution in [-0.4, -0.2) is 104 Å². The van der Waals surface area contributed by atoms with Gasteiger partial charge in [0.15, 0.2) is 0 Å². The number of amides is 2. The van der Waals surface area contributed by atoms with Crippen LogP contribution in [-0.2, 0) is 14.3 Å². The van der Waals surface area contributed by atoms with Gasteiger partial charge in [-0.25, -0.2) is 8.78 Å². The van der Waals surface area contributed by atoms with Crippen molar-refractivity contribution in [2.24, 2.45) is 0 Å². The first kappa shape index (κ1) is 23.3. The highest BCUT2D eigenvalue weighted by atomic mass is 35.5. The molecule has 3 heterocycles.